The summed E-state index contributed by atoms with van der Waals surface area (Å²) in [5.74, 6) is -0.0802. The van der Waals surface area contributed by atoms with Crippen LogP contribution in [0.4, 0.5) is 0 Å². The monoisotopic (exact) mass is 215 g/mol. The third-order valence-electron chi connectivity index (χ3n) is 2.37. The molecule has 0 spiro atoms. The molecule has 2 heterocycles. The summed E-state index contributed by atoms with van der Waals surface area (Å²) >= 11 is 0. The van der Waals surface area contributed by atoms with Crippen molar-refractivity contribution in [3.05, 3.63) is 47.5 Å². The van der Waals surface area contributed by atoms with E-state index in [1.54, 1.807) is 29.3 Å². The fourth-order valence-corrected chi connectivity index (χ4v) is 1.46. The first kappa shape index (κ1) is 10.5. The first-order valence-electron chi connectivity index (χ1n) is 5.20. The Morgan fingerprint density at radius 1 is 1.50 bits per heavy atom. The van der Waals surface area contributed by atoms with Crippen LogP contribution < -0.4 is 0 Å². The van der Waals surface area contributed by atoms with Crippen molar-refractivity contribution in [3.63, 3.8) is 0 Å². The van der Waals surface area contributed by atoms with Gasteiger partial charge in [-0.25, -0.2) is 0 Å². The molecule has 0 aliphatic heterocycles. The van der Waals surface area contributed by atoms with Crippen molar-refractivity contribution in [1.82, 2.24) is 14.8 Å². The Balaban J connectivity index is 2.31. The third kappa shape index (κ3) is 2.00. The van der Waals surface area contributed by atoms with Crippen LogP contribution in [0.3, 0.4) is 0 Å². The van der Waals surface area contributed by atoms with Gasteiger partial charge in [-0.1, -0.05) is 0 Å². The van der Waals surface area contributed by atoms with Gasteiger partial charge in [0.05, 0.1) is 11.8 Å². The van der Waals surface area contributed by atoms with Crippen LogP contribution in [0.1, 0.15) is 28.5 Å². The molecular weight excluding hydrogens is 202 g/mol. The second kappa shape index (κ2) is 4.26. The highest BCUT2D eigenvalue weighted by molar-refractivity contribution is 6.07. The van der Waals surface area contributed by atoms with E-state index in [4.69, 9.17) is 0 Å². The lowest BCUT2D eigenvalue weighted by molar-refractivity contribution is 0.103. The Morgan fingerprint density at radius 2 is 2.31 bits per heavy atom. The Labute approximate surface area is 93.9 Å². The van der Waals surface area contributed by atoms with Crippen molar-refractivity contribution in [2.45, 2.75) is 20.4 Å². The molecule has 0 fully saturated rings. The molecule has 0 amide bonds. The molecule has 0 saturated carbocycles. The molecule has 4 nitrogen and oxygen atoms in total. The first-order valence-corrected chi connectivity index (χ1v) is 5.20. The zero-order chi connectivity index (χ0) is 11.5. The lowest BCUT2D eigenvalue weighted by Crippen LogP contribution is -2.03. The number of rotatable bonds is 3. The van der Waals surface area contributed by atoms with Gasteiger partial charge in [-0.05, 0) is 31.5 Å². The number of ketones is 1. The average Bonchev–Trinajstić information content (AvgIpc) is 2.76. The number of hydrogen-bond acceptors (Lipinski definition) is 3. The van der Waals surface area contributed by atoms with Gasteiger partial charge in [-0.15, -0.1) is 0 Å². The molecule has 0 aliphatic carbocycles. The highest BCUT2D eigenvalue weighted by Gasteiger charge is 2.12. The van der Waals surface area contributed by atoms with Crippen molar-refractivity contribution in [2.75, 3.05) is 0 Å². The number of pyridine rings is 1. The minimum atomic E-state index is -0.0802. The molecular formula is C12H13N3O. The van der Waals surface area contributed by atoms with E-state index >= 15 is 0 Å². The van der Waals surface area contributed by atoms with Gasteiger partial charge < -0.3 is 0 Å². The summed E-state index contributed by atoms with van der Waals surface area (Å²) in [6, 6.07) is 3.65. The predicted molar refractivity (Wildman–Crippen MR) is 60.3 cm³/mol. The van der Waals surface area contributed by atoms with Crippen LogP contribution in [0.5, 0.6) is 0 Å². The predicted octanol–water partition coefficient (Wildman–Crippen LogP) is 1.84. The van der Waals surface area contributed by atoms with Crippen LogP contribution in [-0.2, 0) is 6.54 Å². The summed E-state index contributed by atoms with van der Waals surface area (Å²) in [6.45, 7) is 4.68. The zero-order valence-corrected chi connectivity index (χ0v) is 9.34. The summed E-state index contributed by atoms with van der Waals surface area (Å²) in [5, 5.41) is 4.07. The van der Waals surface area contributed by atoms with Gasteiger partial charge in [-0.3, -0.25) is 14.5 Å². The molecule has 0 aliphatic rings. The molecule has 16 heavy (non-hydrogen) atoms. The average molecular weight is 215 g/mol. The topological polar surface area (TPSA) is 47.8 Å². The molecule has 0 radical (unpaired) electrons. The first-order chi connectivity index (χ1) is 7.70. The molecule has 4 heteroatoms. The van der Waals surface area contributed by atoms with E-state index in [0.717, 1.165) is 12.1 Å². The molecule has 2 aromatic heterocycles. The summed E-state index contributed by atoms with van der Waals surface area (Å²) in [5.41, 5.74) is 2.08. The van der Waals surface area contributed by atoms with E-state index in [1.165, 1.54) is 0 Å². The standard InChI is InChI=1S/C12H13N3O/c1-3-15-8-10(7-14-15)12(16)11-6-9(2)4-5-13-11/h4-8H,3H2,1-2H3. The van der Waals surface area contributed by atoms with Gasteiger partial charge >= 0.3 is 0 Å². The van der Waals surface area contributed by atoms with Crippen molar-refractivity contribution in [2.24, 2.45) is 0 Å². The molecule has 0 saturated heterocycles. The van der Waals surface area contributed by atoms with Crippen molar-refractivity contribution < 1.29 is 4.79 Å². The van der Waals surface area contributed by atoms with Gasteiger partial charge in [0.15, 0.2) is 0 Å². The molecule has 0 bridgehead atoms. The quantitative estimate of drug-likeness (QED) is 0.734. The van der Waals surface area contributed by atoms with Crippen molar-refractivity contribution >= 4 is 5.78 Å². The largest absolute Gasteiger partial charge is 0.287 e. The smallest absolute Gasteiger partial charge is 0.214 e. The van der Waals surface area contributed by atoms with E-state index in [-0.39, 0.29) is 5.78 Å². The number of carbonyl (C=O) groups excluding carboxylic acids is 1. The van der Waals surface area contributed by atoms with E-state index in [9.17, 15) is 4.79 Å². The number of aromatic nitrogens is 3. The molecule has 0 unspecified atom stereocenters. The van der Waals surface area contributed by atoms with Crippen LogP contribution in [-0.4, -0.2) is 20.5 Å². The number of carbonyl (C=O) groups is 1. The maximum atomic E-state index is 12.0. The summed E-state index contributed by atoms with van der Waals surface area (Å²) in [6.07, 6.45) is 4.97. The molecule has 0 N–H and O–H groups in total. The van der Waals surface area contributed by atoms with Gasteiger partial charge in [0, 0.05) is 18.9 Å². The van der Waals surface area contributed by atoms with Crippen molar-refractivity contribution in [1.29, 1.82) is 0 Å². The highest BCUT2D eigenvalue weighted by Crippen LogP contribution is 2.08. The lowest BCUT2D eigenvalue weighted by Gasteiger charge is -1.98. The molecule has 0 aromatic carbocycles. The fraction of sp³-hybridized carbons (Fsp3) is 0.250. The van der Waals surface area contributed by atoms with Crippen LogP contribution in [0.15, 0.2) is 30.7 Å². The third-order valence-corrected chi connectivity index (χ3v) is 2.37. The summed E-state index contributed by atoms with van der Waals surface area (Å²) in [7, 11) is 0. The number of nitrogens with zero attached hydrogens (tertiary/aromatic N) is 3. The van der Waals surface area contributed by atoms with E-state index < -0.39 is 0 Å². The molecule has 2 aromatic rings. The maximum Gasteiger partial charge on any atom is 0.214 e. The van der Waals surface area contributed by atoms with Crippen LogP contribution >= 0.6 is 0 Å². The maximum absolute atomic E-state index is 12.0. The Hall–Kier alpha value is -1.97. The molecule has 2 rings (SSSR count). The van der Waals surface area contributed by atoms with Gasteiger partial charge in [0.1, 0.15) is 5.69 Å². The zero-order valence-electron chi connectivity index (χ0n) is 9.34. The minimum Gasteiger partial charge on any atom is -0.287 e. The second-order valence-corrected chi connectivity index (χ2v) is 3.63. The van der Waals surface area contributed by atoms with E-state index in [2.05, 4.69) is 10.1 Å². The van der Waals surface area contributed by atoms with Crippen molar-refractivity contribution in [3.8, 4) is 0 Å². The van der Waals surface area contributed by atoms with E-state index in [0.29, 0.717) is 11.3 Å². The SMILES string of the molecule is CCn1cc(C(=O)c2cc(C)ccn2)cn1. The summed E-state index contributed by atoms with van der Waals surface area (Å²) < 4.78 is 1.73. The Bertz CT molecular complexity index is 516. The normalized spacial score (nSPS) is 10.4. The van der Waals surface area contributed by atoms with Gasteiger partial charge in [-0.2, -0.15) is 5.10 Å². The number of hydrogen-bond donors (Lipinski definition) is 0. The number of aryl methyl sites for hydroxylation is 2. The van der Waals surface area contributed by atoms with Gasteiger partial charge in [0.25, 0.3) is 0 Å². The van der Waals surface area contributed by atoms with Crippen LogP contribution in [0, 0.1) is 6.92 Å². The Morgan fingerprint density at radius 3 is 2.94 bits per heavy atom. The van der Waals surface area contributed by atoms with E-state index in [1.807, 2.05) is 19.9 Å². The highest BCUT2D eigenvalue weighted by atomic mass is 16.1. The second-order valence-electron chi connectivity index (χ2n) is 3.63. The lowest BCUT2D eigenvalue weighted by atomic mass is 10.1. The minimum absolute atomic E-state index is 0.0802. The molecule has 82 valence electrons. The Kier molecular flexibility index (Phi) is 2.81. The summed E-state index contributed by atoms with van der Waals surface area (Å²) in [4.78, 5) is 16.1. The van der Waals surface area contributed by atoms with Gasteiger partial charge in [0.2, 0.25) is 5.78 Å². The van der Waals surface area contributed by atoms with Crippen LogP contribution in [0.2, 0.25) is 0 Å². The molecule has 0 atom stereocenters. The van der Waals surface area contributed by atoms with Crippen LogP contribution in [0.25, 0.3) is 0 Å². The fourth-order valence-electron chi connectivity index (χ4n) is 1.46.